The Labute approximate surface area is 178 Å². The average molecular weight is 413 g/mol. The minimum Gasteiger partial charge on any atom is -0.503 e. The number of ketones is 1. The van der Waals surface area contributed by atoms with Crippen molar-refractivity contribution in [1.82, 2.24) is 4.90 Å². The van der Waals surface area contributed by atoms with E-state index in [4.69, 9.17) is 8.83 Å². The number of furan rings is 2. The number of nitrogens with zero attached hydrogens (tertiary/aromatic N) is 1. The zero-order chi connectivity index (χ0) is 21.4. The zero-order valence-corrected chi connectivity index (χ0v) is 16.5. The molecule has 6 nitrogen and oxygen atoms in total. The third-order valence-electron chi connectivity index (χ3n) is 5.49. The van der Waals surface area contributed by atoms with Gasteiger partial charge in [0.2, 0.25) is 5.78 Å². The lowest BCUT2D eigenvalue weighted by molar-refractivity contribution is -0.129. The van der Waals surface area contributed by atoms with Gasteiger partial charge in [0.15, 0.2) is 11.5 Å². The molecular weight excluding hydrogens is 394 g/mol. The molecule has 0 saturated carbocycles. The largest absolute Gasteiger partial charge is 0.503 e. The molecule has 4 aromatic rings. The van der Waals surface area contributed by atoms with E-state index in [9.17, 15) is 14.7 Å². The maximum Gasteiger partial charge on any atom is 0.290 e. The molecular formula is C25H19NO5. The Balaban J connectivity index is 1.51. The maximum atomic E-state index is 13.4. The number of hydrogen-bond donors (Lipinski definition) is 1. The SMILES string of the molecule is O=C(C1=C(O)C(=O)N(CCc2ccccc2)[C@H]1c1ccco1)c1cc2ccccc2o1. The van der Waals surface area contributed by atoms with Crippen molar-refractivity contribution in [3.05, 3.63) is 107 Å². The van der Waals surface area contributed by atoms with Crippen LogP contribution in [0.4, 0.5) is 0 Å². The molecule has 0 bridgehead atoms. The molecule has 2 aromatic carbocycles. The predicted molar refractivity (Wildman–Crippen MR) is 114 cm³/mol. The molecule has 0 aliphatic carbocycles. The Hall–Kier alpha value is -4.06. The summed E-state index contributed by atoms with van der Waals surface area (Å²) in [6.07, 6.45) is 2.05. The summed E-state index contributed by atoms with van der Waals surface area (Å²) in [6.45, 7) is 0.315. The number of rotatable bonds is 6. The molecule has 31 heavy (non-hydrogen) atoms. The van der Waals surface area contributed by atoms with Gasteiger partial charge in [-0.1, -0.05) is 48.5 Å². The van der Waals surface area contributed by atoms with Crippen molar-refractivity contribution in [2.24, 2.45) is 0 Å². The highest BCUT2D eigenvalue weighted by atomic mass is 16.3. The number of hydrogen-bond acceptors (Lipinski definition) is 5. The van der Waals surface area contributed by atoms with Gasteiger partial charge in [-0.15, -0.1) is 0 Å². The van der Waals surface area contributed by atoms with E-state index in [1.54, 1.807) is 24.3 Å². The Kier molecular flexibility index (Phi) is 4.67. The second-order valence-electron chi connectivity index (χ2n) is 7.39. The van der Waals surface area contributed by atoms with Crippen LogP contribution in [0, 0.1) is 0 Å². The van der Waals surface area contributed by atoms with Crippen LogP contribution in [-0.2, 0) is 11.2 Å². The Morgan fingerprint density at radius 1 is 1.00 bits per heavy atom. The predicted octanol–water partition coefficient (Wildman–Crippen LogP) is 4.85. The summed E-state index contributed by atoms with van der Waals surface area (Å²) in [5.74, 6) is -1.23. The minimum absolute atomic E-state index is 0.0351. The molecule has 1 atom stereocenters. The van der Waals surface area contributed by atoms with Gasteiger partial charge in [-0.3, -0.25) is 9.59 Å². The lowest BCUT2D eigenvalue weighted by Gasteiger charge is -2.24. The van der Waals surface area contributed by atoms with E-state index in [2.05, 4.69) is 0 Å². The van der Waals surface area contributed by atoms with Crippen LogP contribution in [0.25, 0.3) is 11.0 Å². The lowest BCUT2D eigenvalue weighted by atomic mass is 9.99. The van der Waals surface area contributed by atoms with Gasteiger partial charge < -0.3 is 18.8 Å². The first kappa shape index (κ1) is 18.9. The number of aliphatic hydroxyl groups excluding tert-OH is 1. The van der Waals surface area contributed by atoms with Gasteiger partial charge in [0, 0.05) is 11.9 Å². The molecule has 154 valence electrons. The van der Waals surface area contributed by atoms with Gasteiger partial charge in [0.1, 0.15) is 17.4 Å². The molecule has 1 amide bonds. The molecule has 2 aromatic heterocycles. The van der Waals surface area contributed by atoms with E-state index in [1.807, 2.05) is 48.5 Å². The molecule has 0 radical (unpaired) electrons. The summed E-state index contributed by atoms with van der Waals surface area (Å²) in [6, 6.07) is 21.1. The van der Waals surface area contributed by atoms with Crippen LogP contribution in [0.3, 0.4) is 0 Å². The standard InChI is InChI=1S/C25H19NO5/c27-23(20-15-17-9-4-5-10-18(17)31-20)21-22(19-11-6-14-30-19)26(25(29)24(21)28)13-12-16-7-2-1-3-8-16/h1-11,14-15,22,28H,12-13H2/t22-/m0/s1. The molecule has 1 aliphatic heterocycles. The number of carbonyl (C=O) groups is 2. The Morgan fingerprint density at radius 3 is 2.52 bits per heavy atom. The quantitative estimate of drug-likeness (QED) is 0.457. The van der Waals surface area contributed by atoms with Crippen molar-refractivity contribution in [1.29, 1.82) is 0 Å². The summed E-state index contributed by atoms with van der Waals surface area (Å²) in [4.78, 5) is 27.8. The van der Waals surface area contributed by atoms with Crippen LogP contribution in [0.1, 0.15) is 27.9 Å². The van der Waals surface area contributed by atoms with E-state index in [1.165, 1.54) is 11.2 Å². The molecule has 6 heteroatoms. The van der Waals surface area contributed by atoms with Crippen molar-refractivity contribution >= 4 is 22.7 Å². The first-order valence-corrected chi connectivity index (χ1v) is 9.98. The van der Waals surface area contributed by atoms with Gasteiger partial charge in [0.25, 0.3) is 5.91 Å². The first-order valence-electron chi connectivity index (χ1n) is 9.98. The van der Waals surface area contributed by atoms with Crippen molar-refractivity contribution in [2.45, 2.75) is 12.5 Å². The summed E-state index contributed by atoms with van der Waals surface area (Å²) >= 11 is 0. The zero-order valence-electron chi connectivity index (χ0n) is 16.5. The van der Waals surface area contributed by atoms with Crippen molar-refractivity contribution in [2.75, 3.05) is 6.54 Å². The first-order chi connectivity index (χ1) is 15.1. The van der Waals surface area contributed by atoms with Gasteiger partial charge in [-0.05, 0) is 36.2 Å². The van der Waals surface area contributed by atoms with Crippen LogP contribution in [0.2, 0.25) is 0 Å². The number of Topliss-reactive ketones (excluding diaryl/α,β-unsaturated/α-hetero) is 1. The molecule has 3 heterocycles. The monoisotopic (exact) mass is 413 g/mol. The van der Waals surface area contributed by atoms with Crippen LogP contribution >= 0.6 is 0 Å². The van der Waals surface area contributed by atoms with Gasteiger partial charge >= 0.3 is 0 Å². The van der Waals surface area contributed by atoms with Gasteiger partial charge in [-0.25, -0.2) is 0 Å². The number of para-hydroxylation sites is 1. The Bertz CT molecular complexity index is 1250. The van der Waals surface area contributed by atoms with Crippen molar-refractivity contribution in [3.63, 3.8) is 0 Å². The molecule has 1 aliphatic rings. The third-order valence-corrected chi connectivity index (χ3v) is 5.49. The average Bonchev–Trinajstić information content (AvgIpc) is 3.52. The van der Waals surface area contributed by atoms with E-state index in [0.29, 0.717) is 24.3 Å². The van der Waals surface area contributed by atoms with Crippen LogP contribution in [0.5, 0.6) is 0 Å². The molecule has 0 spiro atoms. The fraction of sp³-hybridized carbons (Fsp3) is 0.120. The smallest absolute Gasteiger partial charge is 0.290 e. The van der Waals surface area contributed by atoms with E-state index in [0.717, 1.165) is 10.9 Å². The second-order valence-corrected chi connectivity index (χ2v) is 7.39. The molecule has 0 fully saturated rings. The number of carbonyl (C=O) groups excluding carboxylic acids is 2. The van der Waals surface area contributed by atoms with Crippen LogP contribution in [-0.4, -0.2) is 28.2 Å². The number of amides is 1. The number of fused-ring (bicyclic) bond motifs is 1. The summed E-state index contributed by atoms with van der Waals surface area (Å²) < 4.78 is 11.3. The second kappa shape index (κ2) is 7.65. The van der Waals surface area contributed by atoms with Crippen molar-refractivity contribution < 1.29 is 23.5 Å². The van der Waals surface area contributed by atoms with Gasteiger partial charge in [0.05, 0.1) is 11.8 Å². The normalized spacial score (nSPS) is 16.5. The maximum absolute atomic E-state index is 13.4. The van der Waals surface area contributed by atoms with E-state index >= 15 is 0 Å². The van der Waals surface area contributed by atoms with Crippen LogP contribution < -0.4 is 0 Å². The van der Waals surface area contributed by atoms with E-state index in [-0.39, 0.29) is 11.3 Å². The minimum atomic E-state index is -0.827. The van der Waals surface area contributed by atoms with Crippen LogP contribution in [0.15, 0.2) is 99.2 Å². The summed E-state index contributed by atoms with van der Waals surface area (Å²) in [5, 5.41) is 11.5. The molecule has 5 rings (SSSR count). The highest BCUT2D eigenvalue weighted by Gasteiger charge is 2.45. The van der Waals surface area contributed by atoms with Crippen molar-refractivity contribution in [3.8, 4) is 0 Å². The van der Waals surface area contributed by atoms with E-state index < -0.39 is 23.5 Å². The highest BCUT2D eigenvalue weighted by molar-refractivity contribution is 6.15. The highest BCUT2D eigenvalue weighted by Crippen LogP contribution is 2.39. The fourth-order valence-electron chi connectivity index (χ4n) is 3.98. The molecule has 0 saturated heterocycles. The Morgan fingerprint density at radius 2 is 1.77 bits per heavy atom. The molecule has 1 N–H and O–H groups in total. The summed E-state index contributed by atoms with van der Waals surface area (Å²) in [7, 11) is 0. The fourth-order valence-corrected chi connectivity index (χ4v) is 3.98. The third kappa shape index (κ3) is 3.32. The summed E-state index contributed by atoms with van der Waals surface area (Å²) in [5.41, 5.74) is 1.57. The number of benzene rings is 2. The number of aliphatic hydroxyl groups is 1. The lowest BCUT2D eigenvalue weighted by Crippen LogP contribution is -2.32. The molecule has 0 unspecified atom stereocenters. The topological polar surface area (TPSA) is 83.9 Å². The van der Waals surface area contributed by atoms with Gasteiger partial charge in [-0.2, -0.15) is 0 Å².